The van der Waals surface area contributed by atoms with Gasteiger partial charge in [0.25, 0.3) is 0 Å². The number of benzene rings is 1. The Bertz CT molecular complexity index is 571. The number of halogens is 1. The molecule has 1 fully saturated rings. The van der Waals surface area contributed by atoms with Crippen LogP contribution in [0.25, 0.3) is 0 Å². The topological polar surface area (TPSA) is 55.4 Å². The van der Waals surface area contributed by atoms with E-state index in [2.05, 4.69) is 11.3 Å². The number of nitrogens with one attached hydrogen (secondary N) is 1. The van der Waals surface area contributed by atoms with Gasteiger partial charge in [-0.05, 0) is 18.6 Å². The van der Waals surface area contributed by atoms with Gasteiger partial charge in [-0.15, -0.1) is 0 Å². The summed E-state index contributed by atoms with van der Waals surface area (Å²) in [6, 6.07) is 5.26. The Balaban J connectivity index is 2.19. The molecule has 0 bridgehead atoms. The average Bonchev–Trinajstić information content (AvgIpc) is 3.06. The van der Waals surface area contributed by atoms with Crippen LogP contribution in [0.2, 0.25) is 5.02 Å². The molecule has 0 radical (unpaired) electrons. The van der Waals surface area contributed by atoms with Crippen molar-refractivity contribution in [3.63, 3.8) is 0 Å². The van der Waals surface area contributed by atoms with E-state index in [1.165, 1.54) is 0 Å². The van der Waals surface area contributed by atoms with Crippen molar-refractivity contribution < 1.29 is 13.2 Å². The van der Waals surface area contributed by atoms with E-state index in [0.29, 0.717) is 17.2 Å². The zero-order chi connectivity index (χ0) is 13.3. The predicted molar refractivity (Wildman–Crippen MR) is 71.4 cm³/mol. The fourth-order valence-electron chi connectivity index (χ4n) is 1.96. The van der Waals surface area contributed by atoms with Gasteiger partial charge in [0.15, 0.2) is 0 Å². The van der Waals surface area contributed by atoms with Crippen LogP contribution >= 0.6 is 11.6 Å². The minimum absolute atomic E-state index is 0.0587. The van der Waals surface area contributed by atoms with Crippen LogP contribution in [0.1, 0.15) is 17.9 Å². The molecular weight excluding hydrogens is 274 g/mol. The van der Waals surface area contributed by atoms with Crippen LogP contribution in [-0.4, -0.2) is 21.6 Å². The fourth-order valence-corrected chi connectivity index (χ4v) is 3.04. The summed E-state index contributed by atoms with van der Waals surface area (Å²) >= 11 is 6.14. The molecule has 0 unspecified atom stereocenters. The highest BCUT2D eigenvalue weighted by atomic mass is 35.5. The first kappa shape index (κ1) is 13.4. The zero-order valence-corrected chi connectivity index (χ0v) is 11.5. The summed E-state index contributed by atoms with van der Waals surface area (Å²) in [6.45, 7) is 3.26. The Kier molecular flexibility index (Phi) is 3.66. The Labute approximate surface area is 112 Å². The third kappa shape index (κ3) is 2.68. The molecular formula is C12H14ClNO3S. The molecule has 1 N–H and O–H groups in total. The summed E-state index contributed by atoms with van der Waals surface area (Å²) < 4.78 is 30.5. The molecule has 0 aliphatic heterocycles. The Morgan fingerprint density at radius 2 is 2.28 bits per heavy atom. The van der Waals surface area contributed by atoms with Gasteiger partial charge >= 0.3 is 0 Å². The second kappa shape index (κ2) is 4.91. The van der Waals surface area contributed by atoms with Crippen molar-refractivity contribution in [2.45, 2.75) is 18.4 Å². The lowest BCUT2D eigenvalue weighted by Crippen LogP contribution is -2.24. The molecule has 2 atom stereocenters. The first-order valence-corrected chi connectivity index (χ1v) is 7.38. The maximum absolute atomic E-state index is 11.4. The number of sulfonamides is 1. The molecule has 4 nitrogen and oxygen atoms in total. The molecule has 1 saturated carbocycles. The molecule has 6 heteroatoms. The molecule has 0 spiro atoms. The van der Waals surface area contributed by atoms with Crippen molar-refractivity contribution in [1.82, 2.24) is 4.72 Å². The van der Waals surface area contributed by atoms with Crippen LogP contribution in [0.4, 0.5) is 0 Å². The quantitative estimate of drug-likeness (QED) is 0.904. The summed E-state index contributed by atoms with van der Waals surface area (Å²) in [4.78, 5) is 0. The number of methoxy groups -OCH3 is 1. The third-order valence-corrected chi connectivity index (χ3v) is 4.33. The van der Waals surface area contributed by atoms with Gasteiger partial charge in [-0.2, -0.15) is 0 Å². The summed E-state index contributed by atoms with van der Waals surface area (Å²) in [5, 5.41) is 1.51. The molecule has 18 heavy (non-hydrogen) atoms. The van der Waals surface area contributed by atoms with Crippen molar-refractivity contribution in [2.24, 2.45) is 0 Å². The highest BCUT2D eigenvalue weighted by molar-refractivity contribution is 7.92. The van der Waals surface area contributed by atoms with Crippen LogP contribution in [-0.2, 0) is 10.0 Å². The van der Waals surface area contributed by atoms with Gasteiger partial charge in [-0.25, -0.2) is 13.1 Å². The van der Waals surface area contributed by atoms with Crippen molar-refractivity contribution in [3.8, 4) is 5.75 Å². The Morgan fingerprint density at radius 1 is 1.56 bits per heavy atom. The van der Waals surface area contributed by atoms with Crippen LogP contribution in [0.3, 0.4) is 0 Å². The lowest BCUT2D eigenvalue weighted by atomic mass is 10.1. The number of hydrogen-bond acceptors (Lipinski definition) is 3. The van der Waals surface area contributed by atoms with Gasteiger partial charge < -0.3 is 4.74 Å². The van der Waals surface area contributed by atoms with Crippen molar-refractivity contribution in [1.29, 1.82) is 0 Å². The molecule has 98 valence electrons. The van der Waals surface area contributed by atoms with Gasteiger partial charge in [0.2, 0.25) is 10.0 Å². The van der Waals surface area contributed by atoms with Crippen LogP contribution in [0.5, 0.6) is 5.75 Å². The van der Waals surface area contributed by atoms with E-state index < -0.39 is 10.0 Å². The molecule has 2 rings (SSSR count). The molecule has 0 amide bonds. The molecule has 1 aliphatic rings. The molecule has 0 heterocycles. The van der Waals surface area contributed by atoms with E-state index in [0.717, 1.165) is 11.0 Å². The highest BCUT2D eigenvalue weighted by Crippen LogP contribution is 2.48. The molecule has 1 aromatic rings. The average molecular weight is 288 g/mol. The van der Waals surface area contributed by atoms with Crippen LogP contribution in [0.15, 0.2) is 30.2 Å². The van der Waals surface area contributed by atoms with Gasteiger partial charge in [-0.3, -0.25) is 0 Å². The lowest BCUT2D eigenvalue weighted by molar-refractivity contribution is 0.409. The van der Waals surface area contributed by atoms with Crippen molar-refractivity contribution >= 4 is 21.6 Å². The summed E-state index contributed by atoms with van der Waals surface area (Å²) in [5.41, 5.74) is 0.860. The van der Waals surface area contributed by atoms with Gasteiger partial charge in [-0.1, -0.05) is 24.2 Å². The molecule has 1 aromatic carbocycles. The number of rotatable bonds is 5. The lowest BCUT2D eigenvalue weighted by Gasteiger charge is -2.10. The van der Waals surface area contributed by atoms with Gasteiger partial charge in [0, 0.05) is 28.0 Å². The van der Waals surface area contributed by atoms with E-state index in [9.17, 15) is 8.42 Å². The monoisotopic (exact) mass is 287 g/mol. The summed E-state index contributed by atoms with van der Waals surface area (Å²) in [7, 11) is -1.83. The van der Waals surface area contributed by atoms with E-state index in [4.69, 9.17) is 16.3 Å². The minimum Gasteiger partial charge on any atom is -0.496 e. The normalized spacial score (nSPS) is 22.6. The fraction of sp³-hybridized carbons (Fsp3) is 0.333. The molecule has 0 saturated heterocycles. The number of ether oxygens (including phenoxy) is 1. The van der Waals surface area contributed by atoms with Crippen LogP contribution < -0.4 is 9.46 Å². The van der Waals surface area contributed by atoms with E-state index in [-0.39, 0.29) is 12.0 Å². The Hall–Kier alpha value is -1.04. The van der Waals surface area contributed by atoms with Gasteiger partial charge in [0.05, 0.1) is 7.11 Å². The first-order chi connectivity index (χ1) is 8.48. The standard InChI is InChI=1S/C12H14ClNO3S/c1-3-18(15,16)14-10-7-8(10)12-9(13)5-4-6-11(12)17-2/h3-6,8,10,14H,1,7H2,2H3/t8-,10-/m1/s1. The molecule has 1 aliphatic carbocycles. The highest BCUT2D eigenvalue weighted by Gasteiger charge is 2.43. The second-order valence-corrected chi connectivity index (χ2v) is 6.20. The van der Waals surface area contributed by atoms with Crippen molar-refractivity contribution in [3.05, 3.63) is 40.8 Å². The zero-order valence-electron chi connectivity index (χ0n) is 9.89. The minimum atomic E-state index is -3.40. The third-order valence-electron chi connectivity index (χ3n) is 2.93. The van der Waals surface area contributed by atoms with E-state index >= 15 is 0 Å². The molecule has 0 aromatic heterocycles. The largest absolute Gasteiger partial charge is 0.496 e. The first-order valence-electron chi connectivity index (χ1n) is 5.45. The van der Waals surface area contributed by atoms with Gasteiger partial charge in [0.1, 0.15) is 5.75 Å². The summed E-state index contributed by atoms with van der Waals surface area (Å²) in [6.07, 6.45) is 0.715. The smallest absolute Gasteiger partial charge is 0.233 e. The SMILES string of the molecule is C=CS(=O)(=O)N[C@@H]1C[C@H]1c1c(Cl)cccc1OC. The maximum Gasteiger partial charge on any atom is 0.233 e. The Morgan fingerprint density at radius 3 is 2.89 bits per heavy atom. The number of hydrogen-bond donors (Lipinski definition) is 1. The van der Waals surface area contributed by atoms with E-state index in [1.807, 2.05) is 6.07 Å². The predicted octanol–water partition coefficient (Wildman–Crippen LogP) is 2.27. The second-order valence-electron chi connectivity index (χ2n) is 4.13. The van der Waals surface area contributed by atoms with Crippen molar-refractivity contribution in [2.75, 3.05) is 7.11 Å². The maximum atomic E-state index is 11.4. The van der Waals surface area contributed by atoms with E-state index in [1.54, 1.807) is 19.2 Å². The van der Waals surface area contributed by atoms with Crippen LogP contribution in [0, 0.1) is 0 Å². The summed E-state index contributed by atoms with van der Waals surface area (Å²) in [5.74, 6) is 0.746.